The molecule has 72 valence electrons. The van der Waals surface area contributed by atoms with Gasteiger partial charge in [-0.15, -0.1) is 0 Å². The Balaban J connectivity index is 2.24. The molecule has 0 heterocycles. The van der Waals surface area contributed by atoms with E-state index in [9.17, 15) is 4.79 Å². The predicted octanol–water partition coefficient (Wildman–Crippen LogP) is 3.08. The third-order valence-electron chi connectivity index (χ3n) is 3.62. The number of hydrogen-bond acceptors (Lipinski definition) is 1. The average Bonchev–Trinajstić information content (AvgIpc) is 2.24. The van der Waals surface area contributed by atoms with Gasteiger partial charge in [-0.3, -0.25) is 4.79 Å². The molecule has 0 unspecified atom stereocenters. The summed E-state index contributed by atoms with van der Waals surface area (Å²) >= 11 is 0. The van der Waals surface area contributed by atoms with Gasteiger partial charge in [0.2, 0.25) is 0 Å². The van der Waals surface area contributed by atoms with Crippen LogP contribution in [0.4, 0.5) is 0 Å². The molecule has 1 aromatic carbocycles. The summed E-state index contributed by atoms with van der Waals surface area (Å²) < 4.78 is 0. The molecule has 3 rings (SSSR count). The third kappa shape index (κ3) is 1.05. The normalized spacial score (nSPS) is 24.6. The minimum Gasteiger partial charge on any atom is -0.294 e. The highest BCUT2D eigenvalue weighted by molar-refractivity contribution is 5.99. The van der Waals surface area contributed by atoms with E-state index in [2.05, 4.69) is 6.07 Å². The van der Waals surface area contributed by atoms with E-state index in [0.29, 0.717) is 11.7 Å². The van der Waals surface area contributed by atoms with Gasteiger partial charge in [0.25, 0.3) is 0 Å². The van der Waals surface area contributed by atoms with Crippen LogP contribution in [-0.4, -0.2) is 5.78 Å². The van der Waals surface area contributed by atoms with E-state index >= 15 is 0 Å². The summed E-state index contributed by atoms with van der Waals surface area (Å²) in [4.78, 5) is 11.7. The Morgan fingerprint density at radius 3 is 3.00 bits per heavy atom. The molecule has 0 amide bonds. The molecule has 1 aromatic rings. The Kier molecular flexibility index (Phi) is 1.73. The van der Waals surface area contributed by atoms with Crippen molar-refractivity contribution >= 4 is 5.78 Å². The summed E-state index contributed by atoms with van der Waals surface area (Å²) in [6, 6.07) is 6.25. The van der Waals surface area contributed by atoms with Gasteiger partial charge in [0.1, 0.15) is 0 Å². The number of Topliss-reactive ketones (excluding diaryl/α,β-unsaturated/α-hetero) is 1. The van der Waals surface area contributed by atoms with Crippen LogP contribution in [0.15, 0.2) is 18.2 Å². The standard InChI is InChI=1S/C13H14O/c14-12-8-7-10-4-1-3-9-5-2-6-11(12)13(9)10/h2,5-6,10H,1,3-4,7-8H2/t10-/m0/s1. The number of aryl methyl sites for hydroxylation is 1. The number of hydrogen-bond donors (Lipinski definition) is 0. The molecular weight excluding hydrogens is 172 g/mol. The molecule has 1 nitrogen and oxygen atoms in total. The van der Waals surface area contributed by atoms with E-state index in [1.54, 1.807) is 0 Å². The van der Waals surface area contributed by atoms with Crippen molar-refractivity contribution in [2.45, 2.75) is 38.0 Å². The van der Waals surface area contributed by atoms with Gasteiger partial charge in [-0.2, -0.15) is 0 Å². The van der Waals surface area contributed by atoms with Gasteiger partial charge in [-0.1, -0.05) is 18.2 Å². The SMILES string of the molecule is O=C1CC[C@@H]2CCCc3cccc1c32. The summed E-state index contributed by atoms with van der Waals surface area (Å²) in [5.74, 6) is 1.05. The Hall–Kier alpha value is -1.11. The van der Waals surface area contributed by atoms with Gasteiger partial charge >= 0.3 is 0 Å². The van der Waals surface area contributed by atoms with Crippen molar-refractivity contribution in [2.75, 3.05) is 0 Å². The van der Waals surface area contributed by atoms with E-state index in [1.807, 2.05) is 12.1 Å². The highest BCUT2D eigenvalue weighted by Gasteiger charge is 2.29. The molecule has 1 heteroatoms. The van der Waals surface area contributed by atoms with Crippen molar-refractivity contribution in [1.29, 1.82) is 0 Å². The van der Waals surface area contributed by atoms with Crippen LogP contribution in [-0.2, 0) is 6.42 Å². The van der Waals surface area contributed by atoms with Crippen LogP contribution in [0.1, 0.15) is 53.1 Å². The number of benzene rings is 1. The maximum atomic E-state index is 11.7. The fourth-order valence-corrected chi connectivity index (χ4v) is 2.97. The highest BCUT2D eigenvalue weighted by atomic mass is 16.1. The summed E-state index contributed by atoms with van der Waals surface area (Å²) in [5.41, 5.74) is 3.86. The first-order valence-corrected chi connectivity index (χ1v) is 5.51. The Morgan fingerprint density at radius 2 is 2.07 bits per heavy atom. The molecule has 0 N–H and O–H groups in total. The van der Waals surface area contributed by atoms with Crippen molar-refractivity contribution in [1.82, 2.24) is 0 Å². The van der Waals surface area contributed by atoms with Gasteiger partial charge in [-0.25, -0.2) is 0 Å². The molecule has 1 atom stereocenters. The quantitative estimate of drug-likeness (QED) is 0.608. The zero-order valence-corrected chi connectivity index (χ0v) is 8.25. The lowest BCUT2D eigenvalue weighted by molar-refractivity contribution is 0.0964. The lowest BCUT2D eigenvalue weighted by atomic mass is 9.73. The van der Waals surface area contributed by atoms with Crippen molar-refractivity contribution in [3.05, 3.63) is 34.9 Å². The molecule has 0 fully saturated rings. The smallest absolute Gasteiger partial charge is 0.163 e. The lowest BCUT2D eigenvalue weighted by Gasteiger charge is -2.31. The van der Waals surface area contributed by atoms with E-state index < -0.39 is 0 Å². The molecule has 2 aliphatic rings. The largest absolute Gasteiger partial charge is 0.294 e. The molecule has 0 bridgehead atoms. The van der Waals surface area contributed by atoms with Gasteiger partial charge in [0.05, 0.1) is 0 Å². The van der Waals surface area contributed by atoms with Gasteiger partial charge in [0, 0.05) is 12.0 Å². The van der Waals surface area contributed by atoms with E-state index in [0.717, 1.165) is 18.4 Å². The number of carbonyl (C=O) groups excluding carboxylic acids is 1. The minimum absolute atomic E-state index is 0.361. The number of rotatable bonds is 0. The van der Waals surface area contributed by atoms with Gasteiger partial charge in [-0.05, 0) is 42.7 Å². The zero-order chi connectivity index (χ0) is 9.54. The molecular formula is C13H14O. The molecule has 0 aliphatic heterocycles. The second-order valence-electron chi connectivity index (χ2n) is 4.43. The first kappa shape index (κ1) is 8.22. The molecule has 0 aromatic heterocycles. The van der Waals surface area contributed by atoms with Crippen molar-refractivity contribution in [3.8, 4) is 0 Å². The lowest BCUT2D eigenvalue weighted by Crippen LogP contribution is -2.20. The Morgan fingerprint density at radius 1 is 1.14 bits per heavy atom. The Bertz CT molecular complexity index is 392. The molecule has 0 saturated heterocycles. The summed E-state index contributed by atoms with van der Waals surface area (Å²) in [6.07, 6.45) is 5.61. The van der Waals surface area contributed by atoms with Crippen LogP contribution in [0.3, 0.4) is 0 Å². The van der Waals surface area contributed by atoms with Crippen LogP contribution in [0.5, 0.6) is 0 Å². The monoisotopic (exact) mass is 186 g/mol. The molecule has 0 saturated carbocycles. The summed E-state index contributed by atoms with van der Waals surface area (Å²) in [6.45, 7) is 0. The average molecular weight is 186 g/mol. The van der Waals surface area contributed by atoms with Crippen LogP contribution >= 0.6 is 0 Å². The highest BCUT2D eigenvalue weighted by Crippen LogP contribution is 2.40. The van der Waals surface area contributed by atoms with Crippen molar-refractivity contribution in [2.24, 2.45) is 0 Å². The molecule has 0 radical (unpaired) electrons. The topological polar surface area (TPSA) is 17.1 Å². The summed E-state index contributed by atoms with van der Waals surface area (Å²) in [7, 11) is 0. The zero-order valence-electron chi connectivity index (χ0n) is 8.25. The van der Waals surface area contributed by atoms with Crippen molar-refractivity contribution in [3.63, 3.8) is 0 Å². The van der Waals surface area contributed by atoms with Crippen LogP contribution in [0.2, 0.25) is 0 Å². The minimum atomic E-state index is 0.361. The second-order valence-corrected chi connectivity index (χ2v) is 4.43. The fourth-order valence-electron chi connectivity index (χ4n) is 2.97. The maximum Gasteiger partial charge on any atom is 0.163 e. The predicted molar refractivity (Wildman–Crippen MR) is 55.7 cm³/mol. The van der Waals surface area contributed by atoms with E-state index in [1.165, 1.54) is 30.4 Å². The first-order valence-electron chi connectivity index (χ1n) is 5.51. The van der Waals surface area contributed by atoms with E-state index in [-0.39, 0.29) is 0 Å². The van der Waals surface area contributed by atoms with Crippen LogP contribution < -0.4 is 0 Å². The molecule has 2 aliphatic carbocycles. The fraction of sp³-hybridized carbons (Fsp3) is 0.462. The maximum absolute atomic E-state index is 11.7. The first-order chi connectivity index (χ1) is 6.86. The van der Waals surface area contributed by atoms with Crippen molar-refractivity contribution < 1.29 is 4.79 Å². The molecule has 14 heavy (non-hydrogen) atoms. The third-order valence-corrected chi connectivity index (χ3v) is 3.62. The summed E-state index contributed by atoms with van der Waals surface area (Å²) in [5, 5.41) is 0. The number of ketones is 1. The van der Waals surface area contributed by atoms with E-state index in [4.69, 9.17) is 0 Å². The Labute approximate surface area is 84.1 Å². The second kappa shape index (κ2) is 2.94. The number of carbonyl (C=O) groups is 1. The van der Waals surface area contributed by atoms with Crippen LogP contribution in [0, 0.1) is 0 Å². The van der Waals surface area contributed by atoms with Gasteiger partial charge in [0.15, 0.2) is 5.78 Å². The van der Waals surface area contributed by atoms with Crippen LogP contribution in [0.25, 0.3) is 0 Å². The molecule has 0 spiro atoms. The van der Waals surface area contributed by atoms with Gasteiger partial charge < -0.3 is 0 Å².